The number of methoxy groups -OCH3 is 2. The molecule has 9 heteroatoms. The Balaban J connectivity index is 1.85. The van der Waals surface area contributed by atoms with Crippen molar-refractivity contribution >= 4 is 27.5 Å². The Hall–Kier alpha value is -2.71. The van der Waals surface area contributed by atoms with Crippen molar-refractivity contribution in [2.24, 2.45) is 0 Å². The van der Waals surface area contributed by atoms with E-state index in [1.165, 1.54) is 38.5 Å². The van der Waals surface area contributed by atoms with Crippen LogP contribution < -0.4 is 14.2 Å². The molecule has 0 radical (unpaired) electrons. The third-order valence-electron chi connectivity index (χ3n) is 3.55. The van der Waals surface area contributed by atoms with Crippen molar-refractivity contribution in [3.05, 3.63) is 53.6 Å². The molecule has 0 amide bonds. The van der Waals surface area contributed by atoms with E-state index in [1.807, 2.05) is 0 Å². The molecule has 136 valence electrons. The normalized spacial score (nSPS) is 11.2. The molecule has 0 atom stereocenters. The summed E-state index contributed by atoms with van der Waals surface area (Å²) < 4.78 is 42.8. The molecule has 3 aromatic rings. The number of nitrogens with zero attached hydrogens (tertiary/aromatic N) is 1. The highest BCUT2D eigenvalue weighted by Gasteiger charge is 2.19. The molecule has 0 aliphatic rings. The molecule has 0 saturated carbocycles. The lowest BCUT2D eigenvalue weighted by molar-refractivity contribution is 0.354. The van der Waals surface area contributed by atoms with E-state index in [9.17, 15) is 8.42 Å². The second kappa shape index (κ2) is 7.27. The summed E-state index contributed by atoms with van der Waals surface area (Å²) in [6, 6.07) is 12.7. The van der Waals surface area contributed by atoms with E-state index in [4.69, 9.17) is 25.6 Å². The minimum absolute atomic E-state index is 0.000377. The second-order valence-electron chi connectivity index (χ2n) is 5.21. The van der Waals surface area contributed by atoms with Gasteiger partial charge in [-0.3, -0.25) is 0 Å². The molecular formula is C17H15ClN2O5S. The lowest BCUT2D eigenvalue weighted by Gasteiger charge is -2.10. The van der Waals surface area contributed by atoms with Gasteiger partial charge in [-0.25, -0.2) is 13.1 Å². The molecule has 7 nitrogen and oxygen atoms in total. The first-order valence-electron chi connectivity index (χ1n) is 7.40. The van der Waals surface area contributed by atoms with E-state index in [0.29, 0.717) is 22.2 Å². The van der Waals surface area contributed by atoms with Crippen molar-refractivity contribution in [1.29, 1.82) is 0 Å². The van der Waals surface area contributed by atoms with Crippen LogP contribution in [-0.4, -0.2) is 27.8 Å². The van der Waals surface area contributed by atoms with Crippen LogP contribution in [0.2, 0.25) is 5.02 Å². The molecule has 0 unspecified atom stereocenters. The van der Waals surface area contributed by atoms with Crippen LogP contribution in [-0.2, 0) is 10.0 Å². The maximum atomic E-state index is 12.5. The molecule has 26 heavy (non-hydrogen) atoms. The van der Waals surface area contributed by atoms with Crippen LogP contribution in [0, 0.1) is 0 Å². The maximum absolute atomic E-state index is 12.5. The molecule has 1 N–H and O–H groups in total. The number of ether oxygens (including phenoxy) is 2. The minimum Gasteiger partial charge on any atom is -0.493 e. The van der Waals surface area contributed by atoms with E-state index >= 15 is 0 Å². The van der Waals surface area contributed by atoms with Crippen LogP contribution in [0.3, 0.4) is 0 Å². The van der Waals surface area contributed by atoms with Crippen LogP contribution in [0.5, 0.6) is 11.5 Å². The third-order valence-corrected chi connectivity index (χ3v) is 5.15. The lowest BCUT2D eigenvalue weighted by atomic mass is 10.1. The first-order valence-corrected chi connectivity index (χ1v) is 9.26. The summed E-state index contributed by atoms with van der Waals surface area (Å²) in [5.74, 6) is 0.718. The highest BCUT2D eigenvalue weighted by Crippen LogP contribution is 2.30. The van der Waals surface area contributed by atoms with Crippen LogP contribution in [0.15, 0.2) is 57.9 Å². The second-order valence-corrected chi connectivity index (χ2v) is 7.32. The van der Waals surface area contributed by atoms with Crippen LogP contribution in [0.25, 0.3) is 11.3 Å². The Morgan fingerprint density at radius 3 is 2.35 bits per heavy atom. The first kappa shape index (κ1) is 18.1. The third kappa shape index (κ3) is 3.76. The van der Waals surface area contributed by atoms with Gasteiger partial charge >= 0.3 is 0 Å². The Morgan fingerprint density at radius 2 is 1.69 bits per heavy atom. The standard InChI is InChI=1S/C17H15ClN2O5S/c1-23-15-8-7-13(9-16(15)24-2)26(21,22)20-17-10-14(19-25-17)11-3-5-12(18)6-4-11/h3-10,20H,1-2H3. The number of nitrogens with one attached hydrogen (secondary N) is 1. The van der Waals surface area contributed by atoms with Crippen LogP contribution in [0.1, 0.15) is 0 Å². The van der Waals surface area contributed by atoms with Gasteiger partial charge in [0.1, 0.15) is 5.69 Å². The smallest absolute Gasteiger partial charge is 0.264 e. The number of hydrogen-bond donors (Lipinski definition) is 1. The lowest BCUT2D eigenvalue weighted by Crippen LogP contribution is -2.12. The topological polar surface area (TPSA) is 90.7 Å². The molecule has 1 heterocycles. The quantitative estimate of drug-likeness (QED) is 0.683. The van der Waals surface area contributed by atoms with Gasteiger partial charge in [0.2, 0.25) is 5.88 Å². The van der Waals surface area contributed by atoms with Gasteiger partial charge in [-0.05, 0) is 24.3 Å². The molecule has 0 spiro atoms. The average Bonchev–Trinajstić information content (AvgIpc) is 3.09. The van der Waals surface area contributed by atoms with Crippen molar-refractivity contribution in [3.63, 3.8) is 0 Å². The van der Waals surface area contributed by atoms with E-state index in [2.05, 4.69) is 9.88 Å². The van der Waals surface area contributed by atoms with E-state index in [0.717, 1.165) is 5.56 Å². The fourth-order valence-electron chi connectivity index (χ4n) is 2.26. The van der Waals surface area contributed by atoms with Gasteiger partial charge in [-0.15, -0.1) is 0 Å². The summed E-state index contributed by atoms with van der Waals surface area (Å²) in [5, 5.41) is 4.45. The van der Waals surface area contributed by atoms with Crippen molar-refractivity contribution in [1.82, 2.24) is 5.16 Å². The molecule has 0 fully saturated rings. The average molecular weight is 395 g/mol. The zero-order valence-electron chi connectivity index (χ0n) is 13.9. The predicted molar refractivity (Wildman–Crippen MR) is 97.3 cm³/mol. The van der Waals surface area contributed by atoms with Gasteiger partial charge in [-0.2, -0.15) is 0 Å². The number of rotatable bonds is 6. The summed E-state index contributed by atoms with van der Waals surface area (Å²) in [5.41, 5.74) is 1.22. The Kier molecular flexibility index (Phi) is 5.06. The molecule has 0 bridgehead atoms. The molecule has 1 aromatic heterocycles. The summed E-state index contributed by atoms with van der Waals surface area (Å²) in [7, 11) is -0.990. The Bertz CT molecular complexity index is 1020. The fourth-order valence-corrected chi connectivity index (χ4v) is 3.37. The number of halogens is 1. The summed E-state index contributed by atoms with van der Waals surface area (Å²) >= 11 is 5.85. The molecule has 0 aliphatic carbocycles. The van der Waals surface area contributed by atoms with Crippen molar-refractivity contribution < 1.29 is 22.4 Å². The number of sulfonamides is 1. The van der Waals surface area contributed by atoms with Gasteiger partial charge in [0.25, 0.3) is 10.0 Å². The molecular weight excluding hydrogens is 380 g/mol. The number of aromatic nitrogens is 1. The minimum atomic E-state index is -3.89. The zero-order chi connectivity index (χ0) is 18.7. The van der Waals surface area contributed by atoms with Crippen molar-refractivity contribution in [3.8, 4) is 22.8 Å². The maximum Gasteiger partial charge on any atom is 0.264 e. The molecule has 0 saturated heterocycles. The zero-order valence-corrected chi connectivity index (χ0v) is 15.5. The predicted octanol–water partition coefficient (Wildman–Crippen LogP) is 3.81. The molecule has 3 rings (SSSR count). The largest absolute Gasteiger partial charge is 0.493 e. The van der Waals surface area contributed by atoms with Crippen LogP contribution >= 0.6 is 11.6 Å². The van der Waals surface area contributed by atoms with Crippen LogP contribution in [0.4, 0.5) is 5.88 Å². The van der Waals surface area contributed by atoms with Crippen molar-refractivity contribution in [2.75, 3.05) is 18.9 Å². The highest BCUT2D eigenvalue weighted by molar-refractivity contribution is 7.92. The number of benzene rings is 2. The van der Waals surface area contributed by atoms with E-state index in [-0.39, 0.29) is 10.8 Å². The Morgan fingerprint density at radius 1 is 1.00 bits per heavy atom. The van der Waals surface area contributed by atoms with Gasteiger partial charge in [0.15, 0.2) is 11.5 Å². The highest BCUT2D eigenvalue weighted by atomic mass is 35.5. The van der Waals surface area contributed by atoms with Crippen molar-refractivity contribution in [2.45, 2.75) is 4.90 Å². The summed E-state index contributed by atoms with van der Waals surface area (Å²) in [4.78, 5) is -0.000377. The van der Waals surface area contributed by atoms with Gasteiger partial charge in [0.05, 0.1) is 19.1 Å². The molecule has 2 aromatic carbocycles. The van der Waals surface area contributed by atoms with E-state index < -0.39 is 10.0 Å². The number of anilines is 1. The summed E-state index contributed by atoms with van der Waals surface area (Å²) in [6.07, 6.45) is 0. The Labute approximate surface area is 155 Å². The van der Waals surface area contributed by atoms with Gasteiger partial charge < -0.3 is 14.0 Å². The monoisotopic (exact) mass is 394 g/mol. The first-order chi connectivity index (χ1) is 12.4. The summed E-state index contributed by atoms with van der Waals surface area (Å²) in [6.45, 7) is 0. The fraction of sp³-hybridized carbons (Fsp3) is 0.118. The number of hydrogen-bond acceptors (Lipinski definition) is 6. The SMILES string of the molecule is COc1ccc(S(=O)(=O)Nc2cc(-c3ccc(Cl)cc3)no2)cc1OC. The molecule has 0 aliphatic heterocycles. The van der Waals surface area contributed by atoms with Gasteiger partial charge in [0, 0.05) is 22.7 Å². The van der Waals surface area contributed by atoms with E-state index in [1.54, 1.807) is 24.3 Å². The van der Waals surface area contributed by atoms with Gasteiger partial charge in [-0.1, -0.05) is 28.9 Å².